The number of benzene rings is 2. The van der Waals surface area contributed by atoms with Gasteiger partial charge in [0.25, 0.3) is 5.91 Å². The number of nitrogen functional groups attached to an aromatic ring is 1. The van der Waals surface area contributed by atoms with E-state index in [1.54, 1.807) is 25.1 Å². The number of nitrogens with one attached hydrogen (secondary N) is 1. The molecule has 0 spiro atoms. The van der Waals surface area contributed by atoms with E-state index in [2.05, 4.69) is 5.32 Å². The number of halogens is 2. The van der Waals surface area contributed by atoms with E-state index in [1.165, 1.54) is 18.2 Å². The molecule has 0 atom stereocenters. The van der Waals surface area contributed by atoms with Crippen molar-refractivity contribution in [2.45, 2.75) is 6.92 Å². The van der Waals surface area contributed by atoms with E-state index in [4.69, 9.17) is 17.3 Å². The Kier molecular flexibility index (Phi) is 3.71. The zero-order chi connectivity index (χ0) is 14.0. The first-order valence-electron chi connectivity index (χ1n) is 5.60. The van der Waals surface area contributed by atoms with Crippen LogP contribution < -0.4 is 11.1 Å². The monoisotopic (exact) mass is 278 g/mol. The van der Waals surface area contributed by atoms with Gasteiger partial charge in [-0.2, -0.15) is 0 Å². The minimum absolute atomic E-state index is 0.0147. The van der Waals surface area contributed by atoms with E-state index >= 15 is 0 Å². The molecule has 0 radical (unpaired) electrons. The molecule has 0 fully saturated rings. The molecule has 19 heavy (non-hydrogen) atoms. The molecule has 0 saturated carbocycles. The minimum Gasteiger partial charge on any atom is -0.397 e. The molecule has 0 aliphatic heterocycles. The van der Waals surface area contributed by atoms with Crippen molar-refractivity contribution in [3.63, 3.8) is 0 Å². The fourth-order valence-electron chi connectivity index (χ4n) is 1.62. The lowest BCUT2D eigenvalue weighted by Gasteiger charge is -2.08. The van der Waals surface area contributed by atoms with E-state index < -0.39 is 11.7 Å². The van der Waals surface area contributed by atoms with Crippen molar-refractivity contribution in [1.82, 2.24) is 0 Å². The maximum Gasteiger partial charge on any atom is 0.258 e. The molecule has 0 unspecified atom stereocenters. The van der Waals surface area contributed by atoms with Crippen LogP contribution in [0.2, 0.25) is 5.02 Å². The highest BCUT2D eigenvalue weighted by Crippen LogP contribution is 2.23. The van der Waals surface area contributed by atoms with Gasteiger partial charge in [0, 0.05) is 5.69 Å². The van der Waals surface area contributed by atoms with E-state index in [0.717, 1.165) is 5.56 Å². The van der Waals surface area contributed by atoms with Crippen LogP contribution in [0.25, 0.3) is 0 Å². The molecule has 0 aliphatic rings. The van der Waals surface area contributed by atoms with Crippen molar-refractivity contribution in [2.24, 2.45) is 0 Å². The van der Waals surface area contributed by atoms with Gasteiger partial charge >= 0.3 is 0 Å². The Morgan fingerprint density at radius 2 is 2.00 bits per heavy atom. The number of amides is 1. The summed E-state index contributed by atoms with van der Waals surface area (Å²) in [6.45, 7) is 1.75. The Labute approximate surface area is 115 Å². The van der Waals surface area contributed by atoms with Crippen LogP contribution >= 0.6 is 11.6 Å². The SMILES string of the molecule is Cc1ccc(C(=O)Nc2ccc(Cl)c(N)c2)c(F)c1. The summed E-state index contributed by atoms with van der Waals surface area (Å²) in [6.07, 6.45) is 0. The second kappa shape index (κ2) is 5.28. The van der Waals surface area contributed by atoms with Gasteiger partial charge in [0.05, 0.1) is 16.3 Å². The number of nitrogens with two attached hydrogens (primary N) is 1. The van der Waals surface area contributed by atoms with Crippen LogP contribution in [0.1, 0.15) is 15.9 Å². The van der Waals surface area contributed by atoms with Gasteiger partial charge in [-0.15, -0.1) is 0 Å². The Morgan fingerprint density at radius 1 is 1.26 bits per heavy atom. The molecule has 0 heterocycles. The van der Waals surface area contributed by atoms with E-state index in [9.17, 15) is 9.18 Å². The average Bonchev–Trinajstić information content (AvgIpc) is 2.33. The molecular weight excluding hydrogens is 267 g/mol. The molecule has 2 rings (SSSR count). The smallest absolute Gasteiger partial charge is 0.258 e. The third kappa shape index (κ3) is 3.03. The summed E-state index contributed by atoms with van der Waals surface area (Å²) in [5.74, 6) is -1.08. The molecule has 0 aromatic heterocycles. The highest BCUT2D eigenvalue weighted by molar-refractivity contribution is 6.33. The number of hydrogen-bond donors (Lipinski definition) is 2. The molecule has 3 N–H and O–H groups in total. The van der Waals surface area contributed by atoms with Gasteiger partial charge in [-0.05, 0) is 42.8 Å². The molecule has 5 heteroatoms. The van der Waals surface area contributed by atoms with Gasteiger partial charge < -0.3 is 11.1 Å². The maximum atomic E-state index is 13.6. The Bertz CT molecular complexity index is 643. The summed E-state index contributed by atoms with van der Waals surface area (Å²) in [7, 11) is 0. The number of carbonyl (C=O) groups is 1. The van der Waals surface area contributed by atoms with Gasteiger partial charge in [-0.1, -0.05) is 17.7 Å². The maximum absolute atomic E-state index is 13.6. The number of hydrogen-bond acceptors (Lipinski definition) is 2. The third-order valence-electron chi connectivity index (χ3n) is 2.62. The van der Waals surface area contributed by atoms with Crippen molar-refractivity contribution in [2.75, 3.05) is 11.1 Å². The molecule has 98 valence electrons. The summed E-state index contributed by atoms with van der Waals surface area (Å²) in [5.41, 5.74) is 7.18. The van der Waals surface area contributed by atoms with Crippen molar-refractivity contribution in [3.05, 3.63) is 58.4 Å². The first kappa shape index (κ1) is 13.4. The average molecular weight is 279 g/mol. The third-order valence-corrected chi connectivity index (χ3v) is 2.97. The van der Waals surface area contributed by atoms with Crippen LogP contribution in [0.3, 0.4) is 0 Å². The van der Waals surface area contributed by atoms with E-state index in [0.29, 0.717) is 16.4 Å². The van der Waals surface area contributed by atoms with Crippen LogP contribution in [0.5, 0.6) is 0 Å². The summed E-state index contributed by atoms with van der Waals surface area (Å²) < 4.78 is 13.6. The van der Waals surface area contributed by atoms with Crippen molar-refractivity contribution < 1.29 is 9.18 Å². The molecular formula is C14H12ClFN2O. The molecule has 0 aliphatic carbocycles. The summed E-state index contributed by atoms with van der Waals surface area (Å²) in [5, 5.41) is 2.97. The predicted octanol–water partition coefficient (Wildman–Crippen LogP) is 3.62. The van der Waals surface area contributed by atoms with Crippen molar-refractivity contribution in [3.8, 4) is 0 Å². The normalized spacial score (nSPS) is 10.3. The Balaban J connectivity index is 2.23. The van der Waals surface area contributed by atoms with Crippen LogP contribution in [0.4, 0.5) is 15.8 Å². The van der Waals surface area contributed by atoms with Crippen LogP contribution in [-0.2, 0) is 0 Å². The van der Waals surface area contributed by atoms with Gasteiger partial charge in [-0.3, -0.25) is 4.79 Å². The summed E-state index contributed by atoms with van der Waals surface area (Å²) in [4.78, 5) is 11.9. The molecule has 2 aromatic rings. The van der Waals surface area contributed by atoms with Crippen LogP contribution in [0.15, 0.2) is 36.4 Å². The van der Waals surface area contributed by atoms with Gasteiger partial charge in [-0.25, -0.2) is 4.39 Å². The van der Waals surface area contributed by atoms with E-state index in [1.807, 2.05) is 0 Å². The summed E-state index contributed by atoms with van der Waals surface area (Å²) in [6, 6.07) is 9.12. The van der Waals surface area contributed by atoms with Gasteiger partial charge in [0.15, 0.2) is 0 Å². The first-order chi connectivity index (χ1) is 8.97. The Morgan fingerprint density at radius 3 is 2.63 bits per heavy atom. The zero-order valence-corrected chi connectivity index (χ0v) is 11.0. The molecule has 0 saturated heterocycles. The topological polar surface area (TPSA) is 55.1 Å². The fourth-order valence-corrected chi connectivity index (χ4v) is 1.74. The molecule has 2 aromatic carbocycles. The van der Waals surface area contributed by atoms with Crippen molar-refractivity contribution in [1.29, 1.82) is 0 Å². The predicted molar refractivity (Wildman–Crippen MR) is 75.0 cm³/mol. The second-order valence-corrected chi connectivity index (χ2v) is 4.58. The lowest BCUT2D eigenvalue weighted by Crippen LogP contribution is -2.14. The number of aryl methyl sites for hydroxylation is 1. The highest BCUT2D eigenvalue weighted by Gasteiger charge is 2.12. The van der Waals surface area contributed by atoms with Crippen molar-refractivity contribution >= 4 is 28.9 Å². The molecule has 1 amide bonds. The van der Waals surface area contributed by atoms with Gasteiger partial charge in [0.2, 0.25) is 0 Å². The molecule has 3 nitrogen and oxygen atoms in total. The lowest BCUT2D eigenvalue weighted by atomic mass is 10.1. The number of carbonyl (C=O) groups excluding carboxylic acids is 1. The largest absolute Gasteiger partial charge is 0.397 e. The second-order valence-electron chi connectivity index (χ2n) is 4.17. The number of rotatable bonds is 2. The summed E-state index contributed by atoms with van der Waals surface area (Å²) >= 11 is 5.78. The van der Waals surface area contributed by atoms with Gasteiger partial charge in [0.1, 0.15) is 5.82 Å². The highest BCUT2D eigenvalue weighted by atomic mass is 35.5. The fraction of sp³-hybridized carbons (Fsp3) is 0.0714. The van der Waals surface area contributed by atoms with E-state index in [-0.39, 0.29) is 5.56 Å². The number of anilines is 2. The quantitative estimate of drug-likeness (QED) is 0.824. The lowest BCUT2D eigenvalue weighted by molar-refractivity contribution is 0.102. The standard InChI is InChI=1S/C14H12ClFN2O/c1-8-2-4-10(12(16)6-8)14(19)18-9-3-5-11(15)13(17)7-9/h2-7H,17H2,1H3,(H,18,19). The first-order valence-corrected chi connectivity index (χ1v) is 5.97. The molecule has 0 bridgehead atoms. The minimum atomic E-state index is -0.556. The van der Waals surface area contributed by atoms with Crippen LogP contribution in [-0.4, -0.2) is 5.91 Å². The zero-order valence-electron chi connectivity index (χ0n) is 10.2. The van der Waals surface area contributed by atoms with Crippen LogP contribution in [0, 0.1) is 12.7 Å². The Hall–Kier alpha value is -2.07.